The minimum atomic E-state index is 0.502. The van der Waals surface area contributed by atoms with Gasteiger partial charge in [-0.05, 0) is 42.8 Å². The predicted octanol–water partition coefficient (Wildman–Crippen LogP) is 7.38. The summed E-state index contributed by atoms with van der Waals surface area (Å²) in [6.45, 7) is 2.44. The summed E-state index contributed by atoms with van der Waals surface area (Å²) in [5, 5.41) is 2.15. The van der Waals surface area contributed by atoms with Gasteiger partial charge in [-0.15, -0.1) is 0 Å². The van der Waals surface area contributed by atoms with Crippen molar-refractivity contribution < 1.29 is 4.74 Å². The second-order valence-electron chi connectivity index (χ2n) is 6.62. The SMILES string of the molecule is CCOc1nc2ccc(-c3ccccc3Cl)cc2c(Cl)c1N(C)c1ccccc1. The molecule has 0 atom stereocenters. The summed E-state index contributed by atoms with van der Waals surface area (Å²) in [5.74, 6) is 0.516. The number of hydrogen-bond acceptors (Lipinski definition) is 3. The van der Waals surface area contributed by atoms with E-state index in [1.807, 2.05) is 91.7 Å². The van der Waals surface area contributed by atoms with E-state index in [1.54, 1.807) is 0 Å². The number of hydrogen-bond donors (Lipinski definition) is 0. The Hall–Kier alpha value is -2.75. The minimum absolute atomic E-state index is 0.502. The Morgan fingerprint density at radius 1 is 0.931 bits per heavy atom. The fraction of sp³-hybridized carbons (Fsp3) is 0.125. The van der Waals surface area contributed by atoms with Crippen LogP contribution in [-0.2, 0) is 0 Å². The van der Waals surface area contributed by atoms with Gasteiger partial charge in [0.15, 0.2) is 0 Å². The van der Waals surface area contributed by atoms with Crippen LogP contribution >= 0.6 is 23.2 Å². The molecule has 0 saturated heterocycles. The van der Waals surface area contributed by atoms with Gasteiger partial charge in [-0.3, -0.25) is 0 Å². The summed E-state index contributed by atoms with van der Waals surface area (Å²) in [7, 11) is 1.96. The molecule has 4 aromatic rings. The van der Waals surface area contributed by atoms with Gasteiger partial charge in [0.05, 0.1) is 17.1 Å². The molecule has 5 heteroatoms. The van der Waals surface area contributed by atoms with Gasteiger partial charge in [-0.25, -0.2) is 4.98 Å². The Morgan fingerprint density at radius 2 is 1.66 bits per heavy atom. The Labute approximate surface area is 180 Å². The van der Waals surface area contributed by atoms with E-state index in [0.29, 0.717) is 22.5 Å². The average molecular weight is 423 g/mol. The van der Waals surface area contributed by atoms with E-state index in [9.17, 15) is 0 Å². The zero-order chi connectivity index (χ0) is 20.4. The van der Waals surface area contributed by atoms with Gasteiger partial charge >= 0.3 is 0 Å². The monoisotopic (exact) mass is 422 g/mol. The van der Waals surface area contributed by atoms with E-state index >= 15 is 0 Å². The van der Waals surface area contributed by atoms with Crippen molar-refractivity contribution in [1.29, 1.82) is 0 Å². The molecule has 0 aliphatic heterocycles. The van der Waals surface area contributed by atoms with Crippen molar-refractivity contribution in [1.82, 2.24) is 4.98 Å². The summed E-state index contributed by atoms with van der Waals surface area (Å²) < 4.78 is 5.84. The third-order valence-corrected chi connectivity index (χ3v) is 5.52. The van der Waals surface area contributed by atoms with Crippen LogP contribution in [0.2, 0.25) is 10.0 Å². The maximum atomic E-state index is 6.93. The van der Waals surface area contributed by atoms with Crippen molar-refractivity contribution in [2.75, 3.05) is 18.6 Å². The minimum Gasteiger partial charge on any atom is -0.476 e. The van der Waals surface area contributed by atoms with Gasteiger partial charge in [0, 0.05) is 28.7 Å². The maximum Gasteiger partial charge on any atom is 0.240 e. The molecule has 0 fully saturated rings. The summed E-state index contributed by atoms with van der Waals surface area (Å²) in [6, 6.07) is 23.8. The molecule has 0 saturated carbocycles. The molecule has 1 aromatic heterocycles. The van der Waals surface area contributed by atoms with Gasteiger partial charge in [0.2, 0.25) is 5.88 Å². The van der Waals surface area contributed by atoms with Crippen LogP contribution in [0.1, 0.15) is 6.92 Å². The molecular formula is C24H20Cl2N2O. The third kappa shape index (κ3) is 3.76. The molecule has 0 spiro atoms. The number of pyridine rings is 1. The average Bonchev–Trinajstić information content (AvgIpc) is 2.75. The molecule has 0 bridgehead atoms. The van der Waals surface area contributed by atoms with Gasteiger partial charge < -0.3 is 9.64 Å². The Morgan fingerprint density at radius 3 is 2.38 bits per heavy atom. The summed E-state index contributed by atoms with van der Waals surface area (Å²) in [6.07, 6.45) is 0. The quantitative estimate of drug-likeness (QED) is 0.335. The number of halogens is 2. The molecule has 0 radical (unpaired) electrons. The predicted molar refractivity (Wildman–Crippen MR) is 123 cm³/mol. The molecule has 0 N–H and O–H groups in total. The van der Waals surface area contributed by atoms with Crippen molar-refractivity contribution in [3.8, 4) is 17.0 Å². The van der Waals surface area contributed by atoms with Crippen molar-refractivity contribution >= 4 is 45.5 Å². The highest BCUT2D eigenvalue weighted by Gasteiger charge is 2.20. The Balaban J connectivity index is 1.93. The second kappa shape index (κ2) is 8.32. The number of benzene rings is 3. The highest BCUT2D eigenvalue weighted by molar-refractivity contribution is 6.39. The van der Waals surface area contributed by atoms with Crippen LogP contribution in [-0.4, -0.2) is 18.6 Å². The van der Waals surface area contributed by atoms with Crippen LogP contribution in [0.4, 0.5) is 11.4 Å². The van der Waals surface area contributed by atoms with Crippen LogP contribution in [0.15, 0.2) is 72.8 Å². The lowest BCUT2D eigenvalue weighted by atomic mass is 10.0. The highest BCUT2D eigenvalue weighted by Crippen LogP contribution is 2.43. The van der Waals surface area contributed by atoms with Crippen LogP contribution in [0.25, 0.3) is 22.0 Å². The van der Waals surface area contributed by atoms with E-state index in [1.165, 1.54) is 0 Å². The normalized spacial score (nSPS) is 10.9. The van der Waals surface area contributed by atoms with Crippen LogP contribution in [0.5, 0.6) is 5.88 Å². The van der Waals surface area contributed by atoms with E-state index in [0.717, 1.165) is 33.4 Å². The fourth-order valence-corrected chi connectivity index (χ4v) is 3.97. The van der Waals surface area contributed by atoms with Crippen molar-refractivity contribution in [2.45, 2.75) is 6.92 Å². The molecule has 29 heavy (non-hydrogen) atoms. The zero-order valence-electron chi connectivity index (χ0n) is 16.2. The lowest BCUT2D eigenvalue weighted by molar-refractivity contribution is 0.329. The van der Waals surface area contributed by atoms with Crippen LogP contribution in [0.3, 0.4) is 0 Å². The first-order valence-electron chi connectivity index (χ1n) is 9.40. The van der Waals surface area contributed by atoms with E-state index in [2.05, 4.69) is 0 Å². The number of fused-ring (bicyclic) bond motifs is 1. The van der Waals surface area contributed by atoms with E-state index in [4.69, 9.17) is 32.9 Å². The van der Waals surface area contributed by atoms with Crippen molar-refractivity contribution in [3.63, 3.8) is 0 Å². The summed E-state index contributed by atoms with van der Waals surface area (Å²) in [4.78, 5) is 6.75. The third-order valence-electron chi connectivity index (χ3n) is 4.81. The molecule has 146 valence electrons. The number of ether oxygens (including phenoxy) is 1. The van der Waals surface area contributed by atoms with E-state index < -0.39 is 0 Å². The first-order chi connectivity index (χ1) is 14.1. The molecule has 0 aliphatic carbocycles. The Bertz CT molecular complexity index is 1160. The highest BCUT2D eigenvalue weighted by atomic mass is 35.5. The first-order valence-corrected chi connectivity index (χ1v) is 10.2. The van der Waals surface area contributed by atoms with Crippen LogP contribution in [0, 0.1) is 0 Å². The van der Waals surface area contributed by atoms with Gasteiger partial charge in [-0.2, -0.15) is 0 Å². The molecular weight excluding hydrogens is 403 g/mol. The molecule has 1 heterocycles. The second-order valence-corrected chi connectivity index (χ2v) is 7.40. The largest absolute Gasteiger partial charge is 0.476 e. The zero-order valence-corrected chi connectivity index (χ0v) is 17.7. The molecule has 0 amide bonds. The standard InChI is InChI=1S/C24H20Cl2N2O/c1-3-29-24-23(28(2)17-9-5-4-6-10-17)22(26)19-15-16(13-14-21(19)27-24)18-11-7-8-12-20(18)25/h4-15H,3H2,1-2H3. The van der Waals surface area contributed by atoms with Gasteiger partial charge in [0.25, 0.3) is 0 Å². The topological polar surface area (TPSA) is 25.4 Å². The maximum absolute atomic E-state index is 6.93. The van der Waals surface area contributed by atoms with Gasteiger partial charge in [-0.1, -0.05) is 65.7 Å². The van der Waals surface area contributed by atoms with Gasteiger partial charge in [0.1, 0.15) is 5.69 Å². The molecule has 3 nitrogen and oxygen atoms in total. The van der Waals surface area contributed by atoms with Crippen LogP contribution < -0.4 is 9.64 Å². The molecule has 0 aliphatic rings. The summed E-state index contributed by atoms with van der Waals surface area (Å²) >= 11 is 13.3. The molecule has 3 aromatic carbocycles. The lowest BCUT2D eigenvalue weighted by Gasteiger charge is -2.24. The number of para-hydroxylation sites is 1. The first kappa shape index (κ1) is 19.6. The Kier molecular flexibility index (Phi) is 5.61. The number of rotatable bonds is 5. The lowest BCUT2D eigenvalue weighted by Crippen LogP contribution is -2.13. The molecule has 0 unspecified atom stereocenters. The molecule has 4 rings (SSSR count). The number of anilines is 2. The van der Waals surface area contributed by atoms with E-state index in [-0.39, 0.29) is 0 Å². The smallest absolute Gasteiger partial charge is 0.240 e. The number of aromatic nitrogens is 1. The number of nitrogens with zero attached hydrogens (tertiary/aromatic N) is 2. The summed E-state index contributed by atoms with van der Waals surface area (Å²) in [5.41, 5.74) is 4.46. The van der Waals surface area contributed by atoms with Crippen molar-refractivity contribution in [2.24, 2.45) is 0 Å². The fourth-order valence-electron chi connectivity index (χ4n) is 3.36. The van der Waals surface area contributed by atoms with Crippen molar-refractivity contribution in [3.05, 3.63) is 82.8 Å².